The molecular weight excluding hydrogens is 486 g/mol. The van der Waals surface area contributed by atoms with Crippen LogP contribution in [0.5, 0.6) is 11.6 Å². The van der Waals surface area contributed by atoms with Crippen LogP contribution in [0.4, 0.5) is 29.2 Å². The van der Waals surface area contributed by atoms with Gasteiger partial charge in [0.1, 0.15) is 11.9 Å². The summed E-state index contributed by atoms with van der Waals surface area (Å²) in [6.45, 7) is 1.57. The van der Waals surface area contributed by atoms with Crippen LogP contribution in [0.1, 0.15) is 12.8 Å². The fraction of sp³-hybridized carbons (Fsp3) is 0.318. The number of pyridine rings is 1. The van der Waals surface area contributed by atoms with Crippen molar-refractivity contribution in [2.75, 3.05) is 37.6 Å². The summed E-state index contributed by atoms with van der Waals surface area (Å²) in [5.74, 6) is -4.52. The average molecular weight is 512 g/mol. The first-order chi connectivity index (χ1) is 16.8. The molecule has 1 unspecified atom stereocenters. The summed E-state index contributed by atoms with van der Waals surface area (Å²) in [4.78, 5) is 11.8. The Bertz CT molecular complexity index is 1130. The second-order valence-corrected chi connectivity index (χ2v) is 8.68. The number of hydrogen-bond acceptors (Lipinski definition) is 9. The fourth-order valence-corrected chi connectivity index (χ4v) is 3.44. The molecule has 0 radical (unpaired) electrons. The van der Waals surface area contributed by atoms with Crippen LogP contribution in [0, 0.1) is 17.5 Å². The highest BCUT2D eigenvalue weighted by Gasteiger charge is 2.22. The first kappa shape index (κ1) is 26.4. The molecule has 0 aliphatic carbocycles. The molecule has 3 heterocycles. The molecular formula is C22H25F4N7OS. The number of nitrogen functional groups attached to an aromatic ring is 1. The number of ether oxygens (including phenoxy) is 1. The summed E-state index contributed by atoms with van der Waals surface area (Å²) in [5.41, 5.74) is 5.66. The number of halogens is 4. The lowest BCUT2D eigenvalue weighted by atomic mass is 10.1. The fourth-order valence-electron chi connectivity index (χ4n) is 2.98. The summed E-state index contributed by atoms with van der Waals surface area (Å²) in [7, 11) is 3.31. The van der Waals surface area contributed by atoms with E-state index in [-0.39, 0.29) is 11.8 Å². The zero-order valence-electron chi connectivity index (χ0n) is 19.1. The van der Waals surface area contributed by atoms with Gasteiger partial charge in [-0.2, -0.15) is 4.39 Å². The van der Waals surface area contributed by atoms with Crippen LogP contribution in [0.25, 0.3) is 11.3 Å². The van der Waals surface area contributed by atoms with Crippen molar-refractivity contribution in [1.82, 2.24) is 24.6 Å². The van der Waals surface area contributed by atoms with Crippen LogP contribution in [-0.2, 0) is 0 Å². The number of benzene rings is 1. The smallest absolute Gasteiger partial charge is 0.228 e. The largest absolute Gasteiger partial charge is 0.435 e. The Labute approximate surface area is 204 Å². The second kappa shape index (κ2) is 12.5. The summed E-state index contributed by atoms with van der Waals surface area (Å²) in [6.07, 6.45) is 4.00. The molecule has 0 amide bonds. The van der Waals surface area contributed by atoms with E-state index in [0.717, 1.165) is 37.6 Å². The normalized spacial score (nSPS) is 15.3. The van der Waals surface area contributed by atoms with E-state index >= 15 is 0 Å². The molecule has 1 aliphatic heterocycles. The number of piperidine rings is 1. The topological polar surface area (TPSA) is 101 Å². The third-order valence-electron chi connectivity index (χ3n) is 4.62. The Morgan fingerprint density at radius 2 is 1.97 bits per heavy atom. The molecule has 1 aromatic carbocycles. The van der Waals surface area contributed by atoms with Gasteiger partial charge in [0.15, 0.2) is 17.4 Å². The van der Waals surface area contributed by atoms with Crippen molar-refractivity contribution in [2.24, 2.45) is 0 Å². The van der Waals surface area contributed by atoms with Gasteiger partial charge in [-0.15, -0.1) is 0 Å². The van der Waals surface area contributed by atoms with Crippen LogP contribution in [0.2, 0.25) is 0 Å². The summed E-state index contributed by atoms with van der Waals surface area (Å²) >= 11 is 0.890. The van der Waals surface area contributed by atoms with E-state index in [1.807, 2.05) is 0 Å². The van der Waals surface area contributed by atoms with Crippen LogP contribution < -0.4 is 20.5 Å². The number of aromatic nitrogens is 3. The molecule has 8 nitrogen and oxygen atoms in total. The molecule has 1 fully saturated rings. The molecule has 4 rings (SSSR count). The Kier molecular flexibility index (Phi) is 9.46. The van der Waals surface area contributed by atoms with Gasteiger partial charge in [0.25, 0.3) is 0 Å². The Morgan fingerprint density at radius 3 is 2.60 bits per heavy atom. The number of nitrogens with zero attached hydrogens (tertiary/aromatic N) is 4. The number of nitrogens with two attached hydrogens (primary N) is 1. The first-order valence-corrected chi connectivity index (χ1v) is 11.4. The number of nitrogens with one attached hydrogen (secondary N) is 2. The van der Waals surface area contributed by atoms with E-state index in [2.05, 4.69) is 25.0 Å². The van der Waals surface area contributed by atoms with Crippen molar-refractivity contribution in [2.45, 2.75) is 19.0 Å². The average Bonchev–Trinajstić information content (AvgIpc) is 2.83. The number of anilines is 2. The molecule has 13 heteroatoms. The van der Waals surface area contributed by atoms with Crippen molar-refractivity contribution in [3.63, 3.8) is 0 Å². The van der Waals surface area contributed by atoms with E-state index in [9.17, 15) is 17.6 Å². The minimum absolute atomic E-state index is 0.0180. The van der Waals surface area contributed by atoms with Crippen LogP contribution >= 0.6 is 12.1 Å². The van der Waals surface area contributed by atoms with E-state index in [4.69, 9.17) is 10.5 Å². The molecule has 35 heavy (non-hydrogen) atoms. The van der Waals surface area contributed by atoms with Gasteiger partial charge < -0.3 is 20.5 Å². The lowest BCUT2D eigenvalue weighted by molar-refractivity contribution is 0.266. The van der Waals surface area contributed by atoms with Gasteiger partial charge >= 0.3 is 0 Å². The molecule has 0 saturated carbocycles. The number of alkyl halides is 1. The SMILES string of the molecule is CN(C)SNc1c(F)cc(Oc2ncccc2-c2ccnc(N)n2)c(F)c1F.FC1CCCNC1. The van der Waals surface area contributed by atoms with Gasteiger partial charge in [0.05, 0.1) is 11.3 Å². The maximum atomic E-state index is 14.4. The summed E-state index contributed by atoms with van der Waals surface area (Å²) in [6, 6.07) is 5.48. The maximum Gasteiger partial charge on any atom is 0.228 e. The molecule has 1 saturated heterocycles. The zero-order valence-corrected chi connectivity index (χ0v) is 19.9. The second-order valence-electron chi connectivity index (χ2n) is 7.57. The lowest BCUT2D eigenvalue weighted by Gasteiger charge is -2.15. The van der Waals surface area contributed by atoms with E-state index in [1.165, 1.54) is 12.4 Å². The molecule has 4 N–H and O–H groups in total. The van der Waals surface area contributed by atoms with Crippen LogP contribution in [-0.4, -0.2) is 52.6 Å². The van der Waals surface area contributed by atoms with Crippen LogP contribution in [0.15, 0.2) is 36.7 Å². The predicted octanol–water partition coefficient (Wildman–Crippen LogP) is 4.58. The first-order valence-electron chi connectivity index (χ1n) is 10.6. The van der Waals surface area contributed by atoms with Gasteiger partial charge in [0.2, 0.25) is 17.6 Å². The highest BCUT2D eigenvalue weighted by molar-refractivity contribution is 7.98. The van der Waals surface area contributed by atoms with Gasteiger partial charge in [-0.3, -0.25) is 0 Å². The zero-order chi connectivity index (χ0) is 25.4. The quantitative estimate of drug-likeness (QED) is 0.249. The Hall–Kier alpha value is -3.16. The standard InChI is InChI=1S/C17H15F3N6OS.C5H10FN/c1-26(2)28-25-15-10(18)8-12(13(19)14(15)20)27-16-9(4-3-6-22-16)11-5-7-23-17(21)24-11;6-5-2-1-3-7-4-5/h3-8,25H,1-2H3,(H2,21,23,24);5,7H,1-4H2. The molecule has 3 aromatic rings. The number of hydrogen-bond donors (Lipinski definition) is 3. The molecule has 188 valence electrons. The van der Waals surface area contributed by atoms with Crippen molar-refractivity contribution in [3.8, 4) is 22.9 Å². The van der Waals surface area contributed by atoms with Gasteiger partial charge in [0, 0.05) is 37.1 Å². The molecule has 2 aromatic heterocycles. The monoisotopic (exact) mass is 511 g/mol. The molecule has 0 spiro atoms. The Balaban J connectivity index is 0.000000420. The summed E-state index contributed by atoms with van der Waals surface area (Å²) in [5, 5.41) is 2.96. The van der Waals surface area contributed by atoms with Crippen molar-refractivity contribution in [3.05, 3.63) is 54.1 Å². The van der Waals surface area contributed by atoms with Gasteiger partial charge in [-0.1, -0.05) is 0 Å². The lowest BCUT2D eigenvalue weighted by Crippen LogP contribution is -2.30. The highest BCUT2D eigenvalue weighted by atomic mass is 32.2. The molecule has 0 bridgehead atoms. The molecule has 1 aliphatic rings. The van der Waals surface area contributed by atoms with E-state index < -0.39 is 35.1 Å². The maximum absolute atomic E-state index is 14.4. The Morgan fingerprint density at radius 1 is 1.17 bits per heavy atom. The minimum atomic E-state index is -1.41. The van der Waals surface area contributed by atoms with Gasteiger partial charge in [-0.05, 0) is 51.7 Å². The van der Waals surface area contributed by atoms with Gasteiger partial charge in [-0.25, -0.2) is 32.4 Å². The van der Waals surface area contributed by atoms with Crippen molar-refractivity contribution in [1.29, 1.82) is 0 Å². The van der Waals surface area contributed by atoms with Crippen molar-refractivity contribution < 1.29 is 22.3 Å². The molecule has 1 atom stereocenters. The third-order valence-corrected chi connectivity index (χ3v) is 5.28. The number of rotatable bonds is 6. The van der Waals surface area contributed by atoms with Crippen molar-refractivity contribution >= 4 is 23.8 Å². The van der Waals surface area contributed by atoms with E-state index in [1.54, 1.807) is 36.6 Å². The minimum Gasteiger partial charge on any atom is -0.435 e. The van der Waals surface area contributed by atoms with E-state index in [0.29, 0.717) is 17.8 Å². The third kappa shape index (κ3) is 7.41. The highest BCUT2D eigenvalue weighted by Crippen LogP contribution is 2.36. The predicted molar refractivity (Wildman–Crippen MR) is 128 cm³/mol. The summed E-state index contributed by atoms with van der Waals surface area (Å²) < 4.78 is 64.5. The van der Waals surface area contributed by atoms with Crippen LogP contribution in [0.3, 0.4) is 0 Å².